The van der Waals surface area contributed by atoms with Crippen LogP contribution >= 0.6 is 11.3 Å². The molecule has 0 atom stereocenters. The molecule has 1 heterocycles. The van der Waals surface area contributed by atoms with Crippen molar-refractivity contribution in [2.24, 2.45) is 0 Å². The van der Waals surface area contributed by atoms with Gasteiger partial charge in [-0.2, -0.15) is 0 Å². The number of thiazole rings is 1. The molecule has 0 aliphatic carbocycles. The van der Waals surface area contributed by atoms with E-state index in [2.05, 4.69) is 31.1 Å². The molecule has 1 aromatic heterocycles. The van der Waals surface area contributed by atoms with Gasteiger partial charge >= 0.3 is 0 Å². The number of carbonyl (C=O) groups excluding carboxylic acids is 1. The molecular formula is C14H18N2OS. The van der Waals surface area contributed by atoms with Gasteiger partial charge in [-0.15, -0.1) is 11.3 Å². The van der Waals surface area contributed by atoms with Gasteiger partial charge in [0.2, 0.25) is 0 Å². The Labute approximate surface area is 111 Å². The van der Waals surface area contributed by atoms with Crippen molar-refractivity contribution in [2.45, 2.75) is 32.7 Å². The van der Waals surface area contributed by atoms with E-state index in [4.69, 9.17) is 0 Å². The van der Waals surface area contributed by atoms with E-state index >= 15 is 0 Å². The molecule has 4 heteroatoms. The highest BCUT2D eigenvalue weighted by Gasteiger charge is 2.13. The molecule has 3 nitrogen and oxygen atoms in total. The number of benzene rings is 1. The van der Waals surface area contributed by atoms with Crippen LogP contribution in [0.4, 0.5) is 0 Å². The molecule has 1 aromatic carbocycles. The highest BCUT2D eigenvalue weighted by molar-refractivity contribution is 7.18. The standard InChI is InChI=1S/C14H18N2OS/c1-14(2,3)15-9-10(17)8-13-16-11-6-4-5-7-12(11)18-13/h4-7,15H,8-9H2,1-3H3. The van der Waals surface area contributed by atoms with Crippen LogP contribution in [0.5, 0.6) is 0 Å². The minimum atomic E-state index is -0.0246. The van der Waals surface area contributed by atoms with Crippen molar-refractivity contribution in [2.75, 3.05) is 6.54 Å². The van der Waals surface area contributed by atoms with Crippen molar-refractivity contribution in [1.29, 1.82) is 0 Å². The summed E-state index contributed by atoms with van der Waals surface area (Å²) in [4.78, 5) is 16.3. The quantitative estimate of drug-likeness (QED) is 0.921. The third-order valence-corrected chi connectivity index (χ3v) is 3.54. The molecule has 2 aromatic rings. The fraction of sp³-hybridized carbons (Fsp3) is 0.429. The predicted molar refractivity (Wildman–Crippen MR) is 76.1 cm³/mol. The Morgan fingerprint density at radius 2 is 2.06 bits per heavy atom. The molecule has 18 heavy (non-hydrogen) atoms. The lowest BCUT2D eigenvalue weighted by molar-refractivity contribution is -0.117. The van der Waals surface area contributed by atoms with E-state index in [1.54, 1.807) is 11.3 Å². The Morgan fingerprint density at radius 3 is 2.72 bits per heavy atom. The highest BCUT2D eigenvalue weighted by Crippen LogP contribution is 2.21. The van der Waals surface area contributed by atoms with Gasteiger partial charge in [-0.05, 0) is 32.9 Å². The lowest BCUT2D eigenvalue weighted by Crippen LogP contribution is -2.39. The summed E-state index contributed by atoms with van der Waals surface area (Å²) in [6.45, 7) is 6.56. The summed E-state index contributed by atoms with van der Waals surface area (Å²) < 4.78 is 1.14. The van der Waals surface area contributed by atoms with Gasteiger partial charge in [0.1, 0.15) is 5.01 Å². The van der Waals surface area contributed by atoms with Gasteiger partial charge in [-0.25, -0.2) is 4.98 Å². The van der Waals surface area contributed by atoms with Crippen molar-refractivity contribution in [3.8, 4) is 0 Å². The number of hydrogen-bond acceptors (Lipinski definition) is 4. The third kappa shape index (κ3) is 3.62. The SMILES string of the molecule is CC(C)(C)NCC(=O)Cc1nc2ccccc2s1. The summed E-state index contributed by atoms with van der Waals surface area (Å²) in [6, 6.07) is 7.98. The highest BCUT2D eigenvalue weighted by atomic mass is 32.1. The van der Waals surface area contributed by atoms with E-state index in [1.165, 1.54) is 0 Å². The minimum Gasteiger partial charge on any atom is -0.305 e. The van der Waals surface area contributed by atoms with E-state index in [-0.39, 0.29) is 11.3 Å². The maximum absolute atomic E-state index is 11.8. The van der Waals surface area contributed by atoms with Gasteiger partial charge in [-0.3, -0.25) is 4.79 Å². The minimum absolute atomic E-state index is 0.0246. The van der Waals surface area contributed by atoms with Crippen molar-refractivity contribution >= 4 is 27.3 Å². The largest absolute Gasteiger partial charge is 0.305 e. The predicted octanol–water partition coefficient (Wildman–Crippen LogP) is 2.80. The second-order valence-electron chi connectivity index (χ2n) is 5.39. The van der Waals surface area contributed by atoms with Crippen LogP contribution in [0.3, 0.4) is 0 Å². The average Bonchev–Trinajstić information content (AvgIpc) is 2.67. The normalized spacial score (nSPS) is 11.9. The number of ketones is 1. The zero-order valence-corrected chi connectivity index (χ0v) is 11.8. The Morgan fingerprint density at radius 1 is 1.33 bits per heavy atom. The van der Waals surface area contributed by atoms with E-state index < -0.39 is 0 Å². The van der Waals surface area contributed by atoms with E-state index in [0.29, 0.717) is 13.0 Å². The van der Waals surface area contributed by atoms with Crippen LogP contribution in [0.15, 0.2) is 24.3 Å². The summed E-state index contributed by atoms with van der Waals surface area (Å²) in [5.74, 6) is 0.184. The lowest BCUT2D eigenvalue weighted by atomic mass is 10.1. The number of fused-ring (bicyclic) bond motifs is 1. The molecule has 1 N–H and O–H groups in total. The fourth-order valence-corrected chi connectivity index (χ4v) is 2.59. The maximum atomic E-state index is 11.8. The zero-order valence-electron chi connectivity index (χ0n) is 11.0. The summed E-state index contributed by atoms with van der Waals surface area (Å²) in [7, 11) is 0. The number of rotatable bonds is 4. The number of Topliss-reactive ketones (excluding diaryl/α,β-unsaturated/α-hetero) is 1. The van der Waals surface area contributed by atoms with Gasteiger partial charge in [0.25, 0.3) is 0 Å². The van der Waals surface area contributed by atoms with Gasteiger partial charge < -0.3 is 5.32 Å². The molecule has 0 radical (unpaired) electrons. The van der Waals surface area contributed by atoms with Gasteiger partial charge in [0.15, 0.2) is 5.78 Å². The van der Waals surface area contributed by atoms with Crippen LogP contribution in [0.1, 0.15) is 25.8 Å². The summed E-state index contributed by atoms with van der Waals surface area (Å²) in [5.41, 5.74) is 0.956. The number of hydrogen-bond donors (Lipinski definition) is 1. The Bertz CT molecular complexity index is 521. The number of aromatic nitrogens is 1. The van der Waals surface area contributed by atoms with Crippen LogP contribution < -0.4 is 5.32 Å². The van der Waals surface area contributed by atoms with Crippen LogP contribution in [0.25, 0.3) is 10.2 Å². The Kier molecular flexibility index (Phi) is 3.78. The number of carbonyl (C=O) groups is 1. The molecule has 96 valence electrons. The summed E-state index contributed by atoms with van der Waals surface area (Å²) in [6.07, 6.45) is 0.419. The lowest BCUT2D eigenvalue weighted by Gasteiger charge is -2.19. The molecule has 0 spiro atoms. The number of para-hydroxylation sites is 1. The van der Waals surface area contributed by atoms with Crippen LogP contribution in [0.2, 0.25) is 0 Å². The van der Waals surface area contributed by atoms with Crippen molar-refractivity contribution < 1.29 is 4.79 Å². The maximum Gasteiger partial charge on any atom is 0.153 e. The second-order valence-corrected chi connectivity index (χ2v) is 6.51. The molecule has 0 aliphatic rings. The molecule has 0 saturated heterocycles. The van der Waals surface area contributed by atoms with Gasteiger partial charge in [-0.1, -0.05) is 12.1 Å². The van der Waals surface area contributed by atoms with Gasteiger partial charge in [0, 0.05) is 5.54 Å². The van der Waals surface area contributed by atoms with Crippen LogP contribution in [0, 0.1) is 0 Å². The molecule has 0 fully saturated rings. The monoisotopic (exact) mass is 262 g/mol. The molecule has 2 rings (SSSR count). The number of nitrogens with zero attached hydrogens (tertiary/aromatic N) is 1. The van der Waals surface area contributed by atoms with Crippen molar-refractivity contribution in [1.82, 2.24) is 10.3 Å². The third-order valence-electron chi connectivity index (χ3n) is 2.50. The summed E-state index contributed by atoms with van der Waals surface area (Å²) in [5, 5.41) is 4.10. The molecule has 0 amide bonds. The van der Waals surface area contributed by atoms with Crippen LogP contribution in [-0.4, -0.2) is 22.9 Å². The first-order valence-electron chi connectivity index (χ1n) is 6.05. The second kappa shape index (κ2) is 5.16. The van der Waals surface area contributed by atoms with Crippen molar-refractivity contribution in [3.63, 3.8) is 0 Å². The molecule has 0 bridgehead atoms. The zero-order chi connectivity index (χ0) is 13.2. The van der Waals surface area contributed by atoms with E-state index in [1.807, 2.05) is 24.3 Å². The molecule has 0 saturated carbocycles. The number of nitrogens with one attached hydrogen (secondary N) is 1. The first kappa shape index (κ1) is 13.2. The summed E-state index contributed by atoms with van der Waals surface area (Å²) >= 11 is 1.60. The smallest absolute Gasteiger partial charge is 0.153 e. The van der Waals surface area contributed by atoms with E-state index in [9.17, 15) is 4.79 Å². The first-order valence-corrected chi connectivity index (χ1v) is 6.87. The fourth-order valence-electron chi connectivity index (χ4n) is 1.59. The van der Waals surface area contributed by atoms with Crippen molar-refractivity contribution in [3.05, 3.63) is 29.3 Å². The molecule has 0 unspecified atom stereocenters. The molecular weight excluding hydrogens is 244 g/mol. The Balaban J connectivity index is 1.99. The molecule has 0 aliphatic heterocycles. The Hall–Kier alpha value is -1.26. The van der Waals surface area contributed by atoms with Gasteiger partial charge in [0.05, 0.1) is 23.2 Å². The van der Waals surface area contributed by atoms with Crippen LogP contribution in [-0.2, 0) is 11.2 Å². The van der Waals surface area contributed by atoms with E-state index in [0.717, 1.165) is 15.2 Å². The first-order chi connectivity index (χ1) is 8.44. The topological polar surface area (TPSA) is 42.0 Å². The average molecular weight is 262 g/mol.